The molecule has 9 nitrogen and oxygen atoms in total. The number of amides is 1. The summed E-state index contributed by atoms with van der Waals surface area (Å²) >= 11 is 0. The average Bonchev–Trinajstić information content (AvgIpc) is 2.63. The third-order valence-corrected chi connectivity index (χ3v) is 4.09. The SMILES string of the molecule is COc1cc(C(C)OC(=O)CC(C)C)c([N+](=O)[O-])cc1OCCCC(=O)NC(C)C. The minimum Gasteiger partial charge on any atom is -0.493 e. The Morgan fingerprint density at radius 3 is 2.33 bits per heavy atom. The van der Waals surface area contributed by atoms with Crippen LogP contribution in [0.3, 0.4) is 0 Å². The van der Waals surface area contributed by atoms with Gasteiger partial charge in [0.2, 0.25) is 5.91 Å². The highest BCUT2D eigenvalue weighted by Gasteiger charge is 2.26. The minimum absolute atomic E-state index is 0.0605. The van der Waals surface area contributed by atoms with Crippen molar-refractivity contribution in [2.45, 2.75) is 66.0 Å². The van der Waals surface area contributed by atoms with Crippen LogP contribution < -0.4 is 14.8 Å². The molecular formula is C21H32N2O7. The van der Waals surface area contributed by atoms with Crippen molar-refractivity contribution in [1.29, 1.82) is 0 Å². The second-order valence-corrected chi connectivity index (χ2v) is 7.72. The Morgan fingerprint density at radius 2 is 1.80 bits per heavy atom. The third-order valence-electron chi connectivity index (χ3n) is 4.09. The lowest BCUT2D eigenvalue weighted by atomic mass is 10.1. The molecule has 0 saturated heterocycles. The van der Waals surface area contributed by atoms with Gasteiger partial charge in [-0.3, -0.25) is 19.7 Å². The van der Waals surface area contributed by atoms with Gasteiger partial charge in [-0.05, 0) is 39.2 Å². The van der Waals surface area contributed by atoms with E-state index in [0.29, 0.717) is 6.42 Å². The maximum absolute atomic E-state index is 12.0. The van der Waals surface area contributed by atoms with Crippen LogP contribution in [0, 0.1) is 16.0 Å². The molecule has 30 heavy (non-hydrogen) atoms. The van der Waals surface area contributed by atoms with Crippen LogP contribution in [0.2, 0.25) is 0 Å². The van der Waals surface area contributed by atoms with Crippen molar-refractivity contribution in [3.8, 4) is 11.5 Å². The minimum atomic E-state index is -0.820. The molecule has 1 N–H and O–H groups in total. The molecule has 168 valence electrons. The highest BCUT2D eigenvalue weighted by molar-refractivity contribution is 5.76. The summed E-state index contributed by atoms with van der Waals surface area (Å²) in [5.74, 6) is 0.0873. The summed E-state index contributed by atoms with van der Waals surface area (Å²) in [4.78, 5) is 34.7. The number of carbonyl (C=O) groups is 2. The van der Waals surface area contributed by atoms with E-state index >= 15 is 0 Å². The Bertz CT molecular complexity index is 747. The Labute approximate surface area is 177 Å². The molecule has 0 fully saturated rings. The predicted octanol–water partition coefficient (Wildman–Crippen LogP) is 3.94. The number of nitro benzene ring substituents is 1. The van der Waals surface area contributed by atoms with Crippen molar-refractivity contribution in [3.05, 3.63) is 27.8 Å². The zero-order chi connectivity index (χ0) is 22.8. The first kappa shape index (κ1) is 25.2. The van der Waals surface area contributed by atoms with Crippen molar-refractivity contribution in [3.63, 3.8) is 0 Å². The maximum atomic E-state index is 12.0. The van der Waals surface area contributed by atoms with Crippen LogP contribution in [0.1, 0.15) is 65.5 Å². The monoisotopic (exact) mass is 424 g/mol. The standard InChI is InChI=1S/C21H32N2O7/c1-13(2)10-21(25)30-15(5)16-11-18(28-6)19(12-17(16)23(26)27)29-9-7-8-20(24)22-14(3)4/h11-15H,7-10H2,1-6H3,(H,22,24). The molecule has 1 aromatic rings. The van der Waals surface area contributed by atoms with E-state index in [1.54, 1.807) is 6.92 Å². The molecule has 0 spiro atoms. The highest BCUT2D eigenvalue weighted by atomic mass is 16.6. The number of ether oxygens (including phenoxy) is 3. The van der Waals surface area contributed by atoms with Crippen molar-refractivity contribution in [1.82, 2.24) is 5.32 Å². The number of rotatable bonds is 12. The van der Waals surface area contributed by atoms with Gasteiger partial charge in [0.05, 0.1) is 30.3 Å². The van der Waals surface area contributed by atoms with Gasteiger partial charge in [-0.2, -0.15) is 0 Å². The first-order valence-electron chi connectivity index (χ1n) is 10.0. The van der Waals surface area contributed by atoms with Gasteiger partial charge in [0.15, 0.2) is 11.5 Å². The number of methoxy groups -OCH3 is 1. The third kappa shape index (κ3) is 8.26. The van der Waals surface area contributed by atoms with Gasteiger partial charge in [-0.15, -0.1) is 0 Å². The first-order chi connectivity index (χ1) is 14.0. The summed E-state index contributed by atoms with van der Waals surface area (Å²) < 4.78 is 16.3. The van der Waals surface area contributed by atoms with E-state index in [4.69, 9.17) is 14.2 Å². The molecular weight excluding hydrogens is 392 g/mol. The van der Waals surface area contributed by atoms with Crippen LogP contribution in [0.15, 0.2) is 12.1 Å². The van der Waals surface area contributed by atoms with E-state index in [2.05, 4.69) is 5.32 Å². The fraction of sp³-hybridized carbons (Fsp3) is 0.619. The zero-order valence-corrected chi connectivity index (χ0v) is 18.5. The number of benzene rings is 1. The second kappa shape index (κ2) is 12.0. The van der Waals surface area contributed by atoms with E-state index in [1.807, 2.05) is 27.7 Å². The Morgan fingerprint density at radius 1 is 1.13 bits per heavy atom. The summed E-state index contributed by atoms with van der Waals surface area (Å²) in [6, 6.07) is 2.77. The van der Waals surface area contributed by atoms with Gasteiger partial charge in [0.1, 0.15) is 6.10 Å². The van der Waals surface area contributed by atoms with Crippen LogP contribution in [0.4, 0.5) is 5.69 Å². The molecule has 0 aliphatic carbocycles. The van der Waals surface area contributed by atoms with Crippen molar-refractivity contribution >= 4 is 17.6 Å². The fourth-order valence-corrected chi connectivity index (χ4v) is 2.77. The lowest BCUT2D eigenvalue weighted by molar-refractivity contribution is -0.386. The fourth-order valence-electron chi connectivity index (χ4n) is 2.77. The summed E-state index contributed by atoms with van der Waals surface area (Å²) in [7, 11) is 1.42. The van der Waals surface area contributed by atoms with E-state index in [1.165, 1.54) is 19.2 Å². The van der Waals surface area contributed by atoms with Crippen LogP contribution in [0.5, 0.6) is 11.5 Å². The van der Waals surface area contributed by atoms with Crippen molar-refractivity contribution < 1.29 is 28.7 Å². The number of hydrogen-bond acceptors (Lipinski definition) is 7. The van der Waals surface area contributed by atoms with E-state index in [-0.39, 0.29) is 60.1 Å². The zero-order valence-electron chi connectivity index (χ0n) is 18.5. The van der Waals surface area contributed by atoms with E-state index in [0.717, 1.165) is 0 Å². The summed E-state index contributed by atoms with van der Waals surface area (Å²) in [5, 5.41) is 14.4. The van der Waals surface area contributed by atoms with Gasteiger partial charge in [0.25, 0.3) is 5.69 Å². The van der Waals surface area contributed by atoms with Crippen LogP contribution in [-0.2, 0) is 14.3 Å². The number of nitro groups is 1. The highest BCUT2D eigenvalue weighted by Crippen LogP contribution is 2.38. The number of nitrogens with zero attached hydrogens (tertiary/aromatic N) is 1. The number of hydrogen-bond donors (Lipinski definition) is 1. The van der Waals surface area contributed by atoms with Gasteiger partial charge < -0.3 is 19.5 Å². The Kier molecular flexibility index (Phi) is 10.1. The Balaban J connectivity index is 2.93. The number of nitrogens with one attached hydrogen (secondary N) is 1. The molecule has 1 aromatic carbocycles. The van der Waals surface area contributed by atoms with Crippen LogP contribution in [-0.4, -0.2) is 36.6 Å². The molecule has 0 saturated carbocycles. The molecule has 0 aliphatic heterocycles. The molecule has 0 heterocycles. The molecule has 1 amide bonds. The maximum Gasteiger partial charge on any atom is 0.306 e. The van der Waals surface area contributed by atoms with Gasteiger partial charge in [-0.25, -0.2) is 0 Å². The smallest absolute Gasteiger partial charge is 0.306 e. The van der Waals surface area contributed by atoms with Crippen molar-refractivity contribution in [2.24, 2.45) is 5.92 Å². The molecule has 0 aromatic heterocycles. The number of esters is 1. The van der Waals surface area contributed by atoms with E-state index < -0.39 is 17.0 Å². The van der Waals surface area contributed by atoms with Crippen LogP contribution in [0.25, 0.3) is 0 Å². The van der Waals surface area contributed by atoms with Gasteiger partial charge >= 0.3 is 5.97 Å². The molecule has 1 atom stereocenters. The quantitative estimate of drug-likeness (QED) is 0.234. The largest absolute Gasteiger partial charge is 0.493 e. The average molecular weight is 424 g/mol. The number of carbonyl (C=O) groups excluding carboxylic acids is 2. The molecule has 0 bridgehead atoms. The van der Waals surface area contributed by atoms with Crippen molar-refractivity contribution in [2.75, 3.05) is 13.7 Å². The normalized spacial score (nSPS) is 11.9. The predicted molar refractivity (Wildman–Crippen MR) is 112 cm³/mol. The molecule has 0 radical (unpaired) electrons. The molecule has 0 aliphatic rings. The summed E-state index contributed by atoms with van der Waals surface area (Å²) in [5.41, 5.74) is -0.00850. The van der Waals surface area contributed by atoms with Gasteiger partial charge in [-0.1, -0.05) is 13.8 Å². The topological polar surface area (TPSA) is 117 Å². The lowest BCUT2D eigenvalue weighted by Crippen LogP contribution is -2.30. The second-order valence-electron chi connectivity index (χ2n) is 7.72. The summed E-state index contributed by atoms with van der Waals surface area (Å²) in [6.07, 6.45) is 0.129. The van der Waals surface area contributed by atoms with E-state index in [9.17, 15) is 19.7 Å². The summed E-state index contributed by atoms with van der Waals surface area (Å²) in [6.45, 7) is 9.29. The first-order valence-corrected chi connectivity index (χ1v) is 10.0. The lowest BCUT2D eigenvalue weighted by Gasteiger charge is -2.17. The molecule has 9 heteroatoms. The van der Waals surface area contributed by atoms with Gasteiger partial charge in [0, 0.05) is 18.9 Å². The molecule has 1 unspecified atom stereocenters. The Hall–Kier alpha value is -2.84. The molecule has 1 rings (SSSR count). The van der Waals surface area contributed by atoms with Crippen LogP contribution >= 0.6 is 0 Å².